The number of ether oxygens (including phenoxy) is 3. The zero-order valence-corrected chi connectivity index (χ0v) is 15.5. The molecule has 0 saturated heterocycles. The van der Waals surface area contributed by atoms with Crippen LogP contribution in [0.1, 0.15) is 28.5 Å². The summed E-state index contributed by atoms with van der Waals surface area (Å²) in [5, 5.41) is 10.4. The third kappa shape index (κ3) is 4.25. The van der Waals surface area contributed by atoms with Crippen molar-refractivity contribution in [2.24, 2.45) is 0 Å². The summed E-state index contributed by atoms with van der Waals surface area (Å²) in [7, 11) is 1.56. The van der Waals surface area contributed by atoms with Gasteiger partial charge in [0.1, 0.15) is 12.3 Å². The topological polar surface area (TPSA) is 86.3 Å². The maximum absolute atomic E-state index is 12.0. The number of nitrogens with one attached hydrogen (secondary N) is 1. The van der Waals surface area contributed by atoms with Crippen LogP contribution in [0.5, 0.6) is 11.5 Å². The third-order valence-corrected chi connectivity index (χ3v) is 3.93. The van der Waals surface area contributed by atoms with Gasteiger partial charge in [0.25, 0.3) is 0 Å². The molecule has 0 radical (unpaired) electrons. The summed E-state index contributed by atoms with van der Waals surface area (Å²) in [6, 6.07) is 13.5. The van der Waals surface area contributed by atoms with E-state index in [1.54, 1.807) is 32.2 Å². The summed E-state index contributed by atoms with van der Waals surface area (Å²) in [4.78, 5) is 12.0. The van der Waals surface area contributed by atoms with Crippen LogP contribution in [0.3, 0.4) is 0 Å². The van der Waals surface area contributed by atoms with Gasteiger partial charge < -0.3 is 14.2 Å². The summed E-state index contributed by atoms with van der Waals surface area (Å²) >= 11 is 0. The highest BCUT2D eigenvalue weighted by molar-refractivity contribution is 5.94. The normalized spacial score (nSPS) is 10.5. The maximum atomic E-state index is 12.0. The predicted molar refractivity (Wildman–Crippen MR) is 99.8 cm³/mol. The van der Waals surface area contributed by atoms with E-state index < -0.39 is 5.97 Å². The second-order valence-corrected chi connectivity index (χ2v) is 5.88. The van der Waals surface area contributed by atoms with Gasteiger partial charge in [0.2, 0.25) is 0 Å². The van der Waals surface area contributed by atoms with E-state index in [4.69, 9.17) is 14.2 Å². The molecule has 1 aromatic heterocycles. The van der Waals surface area contributed by atoms with E-state index in [-0.39, 0.29) is 12.3 Å². The predicted octanol–water partition coefficient (Wildman–Crippen LogP) is 3.54. The number of benzene rings is 2. The van der Waals surface area contributed by atoms with Gasteiger partial charge in [-0.1, -0.05) is 29.8 Å². The molecule has 0 spiro atoms. The second kappa shape index (κ2) is 8.35. The summed E-state index contributed by atoms with van der Waals surface area (Å²) in [6.07, 6.45) is 0. The van der Waals surface area contributed by atoms with Gasteiger partial charge in [-0.15, -0.1) is 5.10 Å². The molecule has 0 aliphatic carbocycles. The van der Waals surface area contributed by atoms with E-state index in [0.29, 0.717) is 29.4 Å². The van der Waals surface area contributed by atoms with E-state index in [9.17, 15) is 4.79 Å². The van der Waals surface area contributed by atoms with E-state index >= 15 is 0 Å². The number of rotatable bonds is 7. The molecule has 0 amide bonds. The lowest BCUT2D eigenvalue weighted by atomic mass is 10.1. The molecular weight excluding hydrogens is 346 g/mol. The van der Waals surface area contributed by atoms with Gasteiger partial charge >= 0.3 is 5.97 Å². The zero-order valence-electron chi connectivity index (χ0n) is 15.5. The number of aromatic amines is 1. The van der Waals surface area contributed by atoms with Gasteiger partial charge in [-0.25, -0.2) is 4.79 Å². The van der Waals surface area contributed by atoms with E-state index in [1.807, 2.05) is 25.1 Å². The Morgan fingerprint density at radius 3 is 2.70 bits per heavy atom. The average molecular weight is 367 g/mol. The highest BCUT2D eigenvalue weighted by atomic mass is 16.5. The van der Waals surface area contributed by atoms with Crippen molar-refractivity contribution in [3.8, 4) is 22.8 Å². The number of nitrogens with zero attached hydrogens (tertiary/aromatic N) is 2. The Bertz CT molecular complexity index is 936. The number of methoxy groups -OCH3 is 1. The van der Waals surface area contributed by atoms with Crippen LogP contribution in [0.25, 0.3) is 11.3 Å². The molecule has 2 aromatic carbocycles. The molecule has 7 nitrogen and oxygen atoms in total. The van der Waals surface area contributed by atoms with Gasteiger partial charge in [-0.05, 0) is 37.6 Å². The Labute approximate surface area is 157 Å². The van der Waals surface area contributed by atoms with Crippen LogP contribution in [0, 0.1) is 6.92 Å². The van der Waals surface area contributed by atoms with Crippen molar-refractivity contribution in [3.63, 3.8) is 0 Å². The molecule has 3 aromatic rings. The van der Waals surface area contributed by atoms with E-state index in [2.05, 4.69) is 21.5 Å². The largest absolute Gasteiger partial charge is 0.493 e. The first-order valence-electron chi connectivity index (χ1n) is 8.57. The molecule has 0 atom stereocenters. The summed E-state index contributed by atoms with van der Waals surface area (Å²) in [5.74, 6) is 0.613. The molecule has 0 aliphatic rings. The van der Waals surface area contributed by atoms with Gasteiger partial charge in [-0.3, -0.25) is 0 Å². The molecule has 3 rings (SSSR count). The fourth-order valence-electron chi connectivity index (χ4n) is 2.67. The first-order chi connectivity index (χ1) is 13.1. The molecule has 27 heavy (non-hydrogen) atoms. The highest BCUT2D eigenvalue weighted by Gasteiger charge is 2.20. The van der Waals surface area contributed by atoms with Crippen molar-refractivity contribution >= 4 is 5.97 Å². The van der Waals surface area contributed by atoms with Crippen molar-refractivity contribution in [1.29, 1.82) is 0 Å². The number of hydrogen-bond donors (Lipinski definition) is 1. The first-order valence-corrected chi connectivity index (χ1v) is 8.57. The number of aromatic nitrogens is 3. The average Bonchev–Trinajstić information content (AvgIpc) is 3.16. The Morgan fingerprint density at radius 2 is 1.96 bits per heavy atom. The maximum Gasteiger partial charge on any atom is 0.361 e. The van der Waals surface area contributed by atoms with E-state index in [0.717, 1.165) is 5.56 Å². The van der Waals surface area contributed by atoms with Gasteiger partial charge in [0, 0.05) is 5.56 Å². The van der Waals surface area contributed by atoms with Crippen LogP contribution < -0.4 is 9.47 Å². The second-order valence-electron chi connectivity index (χ2n) is 5.88. The van der Waals surface area contributed by atoms with Crippen LogP contribution in [0.2, 0.25) is 0 Å². The molecule has 140 valence electrons. The number of aryl methyl sites for hydroxylation is 1. The van der Waals surface area contributed by atoms with Crippen molar-refractivity contribution in [3.05, 3.63) is 59.3 Å². The molecule has 0 fully saturated rings. The molecule has 1 N–H and O–H groups in total. The fourth-order valence-corrected chi connectivity index (χ4v) is 2.67. The first kappa shape index (κ1) is 18.4. The van der Waals surface area contributed by atoms with Crippen LogP contribution in [-0.4, -0.2) is 35.1 Å². The molecule has 7 heteroatoms. The number of esters is 1. The van der Waals surface area contributed by atoms with Gasteiger partial charge in [0.05, 0.1) is 13.7 Å². The zero-order chi connectivity index (χ0) is 19.2. The quantitative estimate of drug-likeness (QED) is 0.643. The Balaban J connectivity index is 1.83. The fraction of sp³-hybridized carbons (Fsp3) is 0.250. The number of carbonyl (C=O) groups is 1. The standard InChI is InChI=1S/C20H21N3O4/c1-4-26-20(24)19-18(21-23-22-19)15-8-9-16(17(11-15)25-3)27-12-14-7-5-6-13(2)10-14/h5-11H,4,12H2,1-3H3,(H,21,22,23). The SMILES string of the molecule is CCOC(=O)c1n[nH]nc1-c1ccc(OCc2cccc(C)c2)c(OC)c1. The summed E-state index contributed by atoms with van der Waals surface area (Å²) in [6.45, 7) is 4.47. The minimum absolute atomic E-state index is 0.132. The van der Waals surface area contributed by atoms with Gasteiger partial charge in [0.15, 0.2) is 17.2 Å². The number of H-pyrrole nitrogens is 1. The summed E-state index contributed by atoms with van der Waals surface area (Å²) in [5.41, 5.74) is 3.45. The van der Waals surface area contributed by atoms with Crippen molar-refractivity contribution < 1.29 is 19.0 Å². The molecule has 0 bridgehead atoms. The monoisotopic (exact) mass is 367 g/mol. The van der Waals surface area contributed by atoms with Crippen LogP contribution in [0.4, 0.5) is 0 Å². The number of carbonyl (C=O) groups excluding carboxylic acids is 1. The van der Waals surface area contributed by atoms with Crippen LogP contribution in [0.15, 0.2) is 42.5 Å². The lowest BCUT2D eigenvalue weighted by molar-refractivity contribution is 0.0520. The third-order valence-electron chi connectivity index (χ3n) is 3.93. The molecule has 0 aliphatic heterocycles. The van der Waals surface area contributed by atoms with Crippen molar-refractivity contribution in [2.75, 3.05) is 13.7 Å². The van der Waals surface area contributed by atoms with E-state index in [1.165, 1.54) is 5.56 Å². The van der Waals surface area contributed by atoms with Gasteiger partial charge in [-0.2, -0.15) is 10.3 Å². The Kier molecular flexibility index (Phi) is 5.71. The highest BCUT2D eigenvalue weighted by Crippen LogP contribution is 2.33. The lowest BCUT2D eigenvalue weighted by Gasteiger charge is -2.12. The molecule has 1 heterocycles. The minimum atomic E-state index is -0.528. The Hall–Kier alpha value is -3.35. The van der Waals surface area contributed by atoms with Crippen LogP contribution >= 0.6 is 0 Å². The molecule has 0 unspecified atom stereocenters. The van der Waals surface area contributed by atoms with Crippen LogP contribution in [-0.2, 0) is 11.3 Å². The molecule has 0 saturated carbocycles. The summed E-state index contributed by atoms with van der Waals surface area (Å²) < 4.78 is 16.4. The smallest absolute Gasteiger partial charge is 0.361 e. The van der Waals surface area contributed by atoms with Crippen molar-refractivity contribution in [2.45, 2.75) is 20.5 Å². The Morgan fingerprint density at radius 1 is 1.11 bits per heavy atom. The molecular formula is C20H21N3O4. The number of hydrogen-bond acceptors (Lipinski definition) is 6. The minimum Gasteiger partial charge on any atom is -0.493 e. The van der Waals surface area contributed by atoms with Crippen molar-refractivity contribution in [1.82, 2.24) is 15.4 Å². The lowest BCUT2D eigenvalue weighted by Crippen LogP contribution is -2.07.